The van der Waals surface area contributed by atoms with E-state index in [1.165, 1.54) is 12.3 Å². The normalized spacial score (nSPS) is 13.9. The average Bonchev–Trinajstić information content (AvgIpc) is 2.17. The molecule has 0 amide bonds. The molecule has 1 rings (SSSR count). The Morgan fingerprint density at radius 3 is 2.73 bits per heavy atom. The van der Waals surface area contributed by atoms with Crippen molar-refractivity contribution in [3.8, 4) is 0 Å². The number of alkyl halides is 3. The standard InChI is InChI=1S/C9H11F3N2O/c1-13-5-8(15)6-2-3-14-4-7(6)9(10,11)12/h2-4,8,13,15H,5H2,1H3. The lowest BCUT2D eigenvalue weighted by Gasteiger charge is -2.16. The molecule has 1 heterocycles. The van der Waals surface area contributed by atoms with Crippen molar-refractivity contribution in [2.24, 2.45) is 0 Å². The zero-order valence-electron chi connectivity index (χ0n) is 8.04. The molecule has 0 saturated heterocycles. The van der Waals surface area contributed by atoms with Gasteiger partial charge in [0.25, 0.3) is 0 Å². The molecular weight excluding hydrogens is 209 g/mol. The van der Waals surface area contributed by atoms with E-state index < -0.39 is 17.8 Å². The van der Waals surface area contributed by atoms with Crippen LogP contribution in [-0.2, 0) is 6.18 Å². The molecule has 0 saturated carbocycles. The minimum Gasteiger partial charge on any atom is -0.387 e. The molecule has 2 N–H and O–H groups in total. The fourth-order valence-electron chi connectivity index (χ4n) is 1.24. The quantitative estimate of drug-likeness (QED) is 0.808. The monoisotopic (exact) mass is 220 g/mol. The third kappa shape index (κ3) is 2.90. The van der Waals surface area contributed by atoms with E-state index in [0.29, 0.717) is 6.20 Å². The predicted octanol–water partition coefficient (Wildman–Crippen LogP) is 1.35. The van der Waals surface area contributed by atoms with Crippen LogP contribution in [-0.4, -0.2) is 23.7 Å². The van der Waals surface area contributed by atoms with E-state index in [4.69, 9.17) is 0 Å². The minimum absolute atomic E-state index is 0.0626. The molecular formula is C9H11F3N2O. The van der Waals surface area contributed by atoms with E-state index in [9.17, 15) is 18.3 Å². The first-order valence-electron chi connectivity index (χ1n) is 4.30. The second-order valence-electron chi connectivity index (χ2n) is 3.03. The molecule has 0 fully saturated rings. The summed E-state index contributed by atoms with van der Waals surface area (Å²) in [6, 6.07) is 1.17. The first kappa shape index (κ1) is 11.9. The van der Waals surface area contributed by atoms with Crippen LogP contribution in [0.25, 0.3) is 0 Å². The first-order chi connectivity index (χ1) is 6.96. The lowest BCUT2D eigenvalue weighted by atomic mass is 10.0. The van der Waals surface area contributed by atoms with Gasteiger partial charge in [-0.2, -0.15) is 13.2 Å². The van der Waals surface area contributed by atoms with Gasteiger partial charge in [-0.3, -0.25) is 4.98 Å². The number of likely N-dealkylation sites (N-methyl/N-ethyl adjacent to an activating group) is 1. The third-order valence-electron chi connectivity index (χ3n) is 1.92. The Morgan fingerprint density at radius 1 is 1.53 bits per heavy atom. The first-order valence-corrected chi connectivity index (χ1v) is 4.30. The second kappa shape index (κ2) is 4.59. The van der Waals surface area contributed by atoms with Crippen LogP contribution in [0.1, 0.15) is 17.2 Å². The van der Waals surface area contributed by atoms with Crippen LogP contribution in [0.15, 0.2) is 18.5 Å². The molecule has 15 heavy (non-hydrogen) atoms. The highest BCUT2D eigenvalue weighted by Crippen LogP contribution is 2.33. The molecule has 1 aromatic heterocycles. The number of nitrogens with zero attached hydrogens (tertiary/aromatic N) is 1. The van der Waals surface area contributed by atoms with Crippen molar-refractivity contribution < 1.29 is 18.3 Å². The van der Waals surface area contributed by atoms with Gasteiger partial charge in [-0.05, 0) is 18.7 Å². The topological polar surface area (TPSA) is 45.1 Å². The van der Waals surface area contributed by atoms with Crippen molar-refractivity contribution >= 4 is 0 Å². The number of nitrogens with one attached hydrogen (secondary N) is 1. The molecule has 1 unspecified atom stereocenters. The van der Waals surface area contributed by atoms with E-state index in [0.717, 1.165) is 0 Å². The van der Waals surface area contributed by atoms with Crippen molar-refractivity contribution in [3.63, 3.8) is 0 Å². The Balaban J connectivity index is 3.06. The summed E-state index contributed by atoms with van der Waals surface area (Å²) in [5.41, 5.74) is -1.06. The van der Waals surface area contributed by atoms with Crippen LogP contribution >= 0.6 is 0 Å². The van der Waals surface area contributed by atoms with Crippen LogP contribution < -0.4 is 5.32 Å². The summed E-state index contributed by atoms with van der Waals surface area (Å²) in [5, 5.41) is 12.1. The van der Waals surface area contributed by atoms with E-state index in [1.54, 1.807) is 7.05 Å². The zero-order valence-corrected chi connectivity index (χ0v) is 8.04. The van der Waals surface area contributed by atoms with Gasteiger partial charge in [-0.25, -0.2) is 0 Å². The lowest BCUT2D eigenvalue weighted by Crippen LogP contribution is -2.20. The SMILES string of the molecule is CNCC(O)c1ccncc1C(F)(F)F. The molecule has 1 aromatic rings. The maximum atomic E-state index is 12.5. The van der Waals surface area contributed by atoms with Gasteiger partial charge in [0.1, 0.15) is 0 Å². The Labute approximate surface area is 85.0 Å². The number of aliphatic hydroxyl groups excluding tert-OH is 1. The van der Waals surface area contributed by atoms with Crippen LogP contribution in [0.2, 0.25) is 0 Å². The van der Waals surface area contributed by atoms with Gasteiger partial charge < -0.3 is 10.4 Å². The van der Waals surface area contributed by atoms with Gasteiger partial charge in [0.2, 0.25) is 0 Å². The van der Waals surface area contributed by atoms with Gasteiger partial charge >= 0.3 is 6.18 Å². The average molecular weight is 220 g/mol. The summed E-state index contributed by atoms with van der Waals surface area (Å²) in [5.74, 6) is 0. The number of hydrogen-bond acceptors (Lipinski definition) is 3. The molecule has 0 aliphatic heterocycles. The summed E-state index contributed by atoms with van der Waals surface area (Å²) < 4.78 is 37.4. The maximum absolute atomic E-state index is 12.5. The summed E-state index contributed by atoms with van der Waals surface area (Å²) in [4.78, 5) is 3.40. The molecule has 3 nitrogen and oxygen atoms in total. The van der Waals surface area contributed by atoms with Gasteiger partial charge in [0.05, 0.1) is 11.7 Å². The van der Waals surface area contributed by atoms with E-state index >= 15 is 0 Å². The number of aliphatic hydroxyl groups is 1. The van der Waals surface area contributed by atoms with E-state index in [2.05, 4.69) is 10.3 Å². The zero-order chi connectivity index (χ0) is 11.5. The largest absolute Gasteiger partial charge is 0.418 e. The van der Waals surface area contributed by atoms with Gasteiger partial charge in [-0.1, -0.05) is 0 Å². The van der Waals surface area contributed by atoms with Crippen LogP contribution in [0.5, 0.6) is 0 Å². The van der Waals surface area contributed by atoms with Crippen LogP contribution in [0.4, 0.5) is 13.2 Å². The fourth-order valence-corrected chi connectivity index (χ4v) is 1.24. The Bertz CT molecular complexity index is 327. The number of hydrogen-bond donors (Lipinski definition) is 2. The highest BCUT2D eigenvalue weighted by atomic mass is 19.4. The minimum atomic E-state index is -4.49. The number of pyridine rings is 1. The summed E-state index contributed by atoms with van der Waals surface area (Å²) in [6.45, 7) is 0.0626. The molecule has 0 radical (unpaired) electrons. The Kier molecular flexibility index (Phi) is 3.65. The molecule has 0 aliphatic rings. The smallest absolute Gasteiger partial charge is 0.387 e. The van der Waals surface area contributed by atoms with Crippen molar-refractivity contribution in [3.05, 3.63) is 29.6 Å². The van der Waals surface area contributed by atoms with E-state index in [1.807, 2.05) is 0 Å². The van der Waals surface area contributed by atoms with Crippen molar-refractivity contribution in [2.45, 2.75) is 12.3 Å². The van der Waals surface area contributed by atoms with Gasteiger partial charge in [-0.15, -0.1) is 0 Å². The molecule has 1 atom stereocenters. The number of halogens is 3. The molecule has 84 valence electrons. The summed E-state index contributed by atoms with van der Waals surface area (Å²) >= 11 is 0. The highest BCUT2D eigenvalue weighted by molar-refractivity contribution is 5.28. The van der Waals surface area contributed by atoms with Crippen LogP contribution in [0, 0.1) is 0 Å². The third-order valence-corrected chi connectivity index (χ3v) is 1.92. The number of aromatic nitrogens is 1. The summed E-state index contributed by atoms with van der Waals surface area (Å²) in [7, 11) is 1.55. The van der Waals surface area contributed by atoms with Crippen molar-refractivity contribution in [2.75, 3.05) is 13.6 Å². The maximum Gasteiger partial charge on any atom is 0.418 e. The number of rotatable bonds is 3. The second-order valence-corrected chi connectivity index (χ2v) is 3.03. The molecule has 6 heteroatoms. The van der Waals surface area contributed by atoms with E-state index in [-0.39, 0.29) is 12.1 Å². The molecule has 0 aliphatic carbocycles. The van der Waals surface area contributed by atoms with Gasteiger partial charge in [0.15, 0.2) is 0 Å². The van der Waals surface area contributed by atoms with Crippen LogP contribution in [0.3, 0.4) is 0 Å². The lowest BCUT2D eigenvalue weighted by molar-refractivity contribution is -0.139. The van der Waals surface area contributed by atoms with Gasteiger partial charge in [0, 0.05) is 18.9 Å². The summed E-state index contributed by atoms with van der Waals surface area (Å²) in [6.07, 6.45) is -3.73. The Morgan fingerprint density at radius 2 is 2.20 bits per heavy atom. The van der Waals surface area contributed by atoms with Crippen molar-refractivity contribution in [1.29, 1.82) is 0 Å². The fraction of sp³-hybridized carbons (Fsp3) is 0.444. The molecule has 0 spiro atoms. The Hall–Kier alpha value is -1.14. The predicted molar refractivity (Wildman–Crippen MR) is 48.1 cm³/mol. The molecule has 0 bridgehead atoms. The molecule has 0 aromatic carbocycles. The van der Waals surface area contributed by atoms with Crippen molar-refractivity contribution in [1.82, 2.24) is 10.3 Å². The highest BCUT2D eigenvalue weighted by Gasteiger charge is 2.35.